The fourth-order valence-corrected chi connectivity index (χ4v) is 4.14. The van der Waals surface area contributed by atoms with Gasteiger partial charge in [-0.2, -0.15) is 5.26 Å². The van der Waals surface area contributed by atoms with E-state index in [0.29, 0.717) is 43.9 Å². The molecule has 2 heterocycles. The van der Waals surface area contributed by atoms with Crippen LogP contribution in [0.25, 0.3) is 0 Å². The largest absolute Gasteiger partial charge is 0.455 e. The van der Waals surface area contributed by atoms with Crippen LogP contribution in [-0.2, 0) is 25.6 Å². The number of hydrogen-bond acceptors (Lipinski definition) is 6. The first-order chi connectivity index (χ1) is 17.0. The number of benzene rings is 1. The Morgan fingerprint density at radius 2 is 1.75 bits per heavy atom. The summed E-state index contributed by atoms with van der Waals surface area (Å²) < 4.78 is 12.5. The van der Waals surface area contributed by atoms with E-state index < -0.39 is 36.1 Å². The molecule has 0 unspecified atom stereocenters. The topological polar surface area (TPSA) is 114 Å². The van der Waals surface area contributed by atoms with Crippen LogP contribution in [0.1, 0.15) is 56.0 Å². The number of amides is 2. The maximum absolute atomic E-state index is 12.7. The summed E-state index contributed by atoms with van der Waals surface area (Å²) >= 11 is 0. The Morgan fingerprint density at radius 3 is 2.33 bits per heavy atom. The summed E-state index contributed by atoms with van der Waals surface area (Å²) in [5.41, 5.74) is 2.50. The summed E-state index contributed by atoms with van der Waals surface area (Å²) in [6.07, 6.45) is 0.485. The van der Waals surface area contributed by atoms with E-state index in [4.69, 9.17) is 9.47 Å². The molecule has 1 aliphatic rings. The lowest BCUT2D eigenvalue weighted by Gasteiger charge is -2.32. The number of rotatable bonds is 6. The lowest BCUT2D eigenvalue weighted by Crippen LogP contribution is -2.43. The van der Waals surface area contributed by atoms with E-state index in [0.717, 1.165) is 16.8 Å². The summed E-state index contributed by atoms with van der Waals surface area (Å²) in [5.74, 6) is -0.986. The highest BCUT2D eigenvalue weighted by Gasteiger charge is 2.31. The van der Waals surface area contributed by atoms with Gasteiger partial charge >= 0.3 is 12.1 Å². The number of ether oxygens (including phenoxy) is 2. The van der Waals surface area contributed by atoms with Gasteiger partial charge in [-0.05, 0) is 58.6 Å². The van der Waals surface area contributed by atoms with Crippen LogP contribution in [0.2, 0.25) is 0 Å². The number of piperidine rings is 1. The van der Waals surface area contributed by atoms with Gasteiger partial charge in [-0.15, -0.1) is 0 Å². The molecule has 1 aromatic carbocycles. The zero-order valence-electron chi connectivity index (χ0n) is 21.6. The standard InChI is InChI=1S/C27H34N4O5/c1-18-19(2)31(16-20-9-7-6-8-10-20)24(22(18)15-28)29-23(32)17-35-25(33)21-11-13-30(14-12-21)26(34)36-27(3,4)5/h6-10,21H,11-14,16-17H2,1-5H3,(H,29,32). The van der Waals surface area contributed by atoms with Gasteiger partial charge in [0, 0.05) is 25.3 Å². The van der Waals surface area contributed by atoms with Crippen molar-refractivity contribution in [2.45, 2.75) is 59.6 Å². The number of nitriles is 1. The highest BCUT2D eigenvalue weighted by atomic mass is 16.6. The van der Waals surface area contributed by atoms with Crippen LogP contribution in [0.15, 0.2) is 30.3 Å². The van der Waals surface area contributed by atoms with E-state index in [1.54, 1.807) is 25.7 Å². The molecule has 1 aromatic heterocycles. The van der Waals surface area contributed by atoms with Crippen molar-refractivity contribution in [2.75, 3.05) is 25.0 Å². The molecule has 0 atom stereocenters. The number of anilines is 1. The van der Waals surface area contributed by atoms with E-state index in [2.05, 4.69) is 11.4 Å². The first-order valence-electron chi connectivity index (χ1n) is 12.1. The SMILES string of the molecule is Cc1c(C#N)c(NC(=O)COC(=O)C2CCN(C(=O)OC(C)(C)C)CC2)n(Cc2ccccc2)c1C. The molecule has 9 heteroatoms. The molecule has 0 aliphatic carbocycles. The normalized spacial score (nSPS) is 14.2. The minimum absolute atomic E-state index is 0.387. The van der Waals surface area contributed by atoms with Gasteiger partial charge in [-0.3, -0.25) is 9.59 Å². The molecule has 36 heavy (non-hydrogen) atoms. The molecule has 1 aliphatic heterocycles. The predicted octanol–water partition coefficient (Wildman–Crippen LogP) is 4.15. The number of nitrogens with one attached hydrogen (secondary N) is 1. The third kappa shape index (κ3) is 6.66. The number of aromatic nitrogens is 1. The Kier molecular flexibility index (Phi) is 8.41. The van der Waals surface area contributed by atoms with E-state index in [1.807, 2.05) is 48.7 Å². The fraction of sp³-hybridized carbons (Fsp3) is 0.481. The van der Waals surface area contributed by atoms with Crippen LogP contribution >= 0.6 is 0 Å². The molecular formula is C27H34N4O5. The lowest BCUT2D eigenvalue weighted by atomic mass is 9.97. The van der Waals surface area contributed by atoms with Crippen molar-refractivity contribution in [3.63, 3.8) is 0 Å². The van der Waals surface area contributed by atoms with Crippen LogP contribution < -0.4 is 5.32 Å². The van der Waals surface area contributed by atoms with E-state index in [-0.39, 0.29) is 0 Å². The Morgan fingerprint density at radius 1 is 1.11 bits per heavy atom. The minimum atomic E-state index is -0.580. The average molecular weight is 495 g/mol. The maximum Gasteiger partial charge on any atom is 0.410 e. The average Bonchev–Trinajstić information content (AvgIpc) is 3.05. The van der Waals surface area contributed by atoms with Crippen molar-refractivity contribution >= 4 is 23.8 Å². The van der Waals surface area contributed by atoms with Crippen molar-refractivity contribution in [1.82, 2.24) is 9.47 Å². The molecule has 1 saturated heterocycles. The fourth-order valence-electron chi connectivity index (χ4n) is 4.14. The van der Waals surface area contributed by atoms with E-state index in [9.17, 15) is 19.6 Å². The summed E-state index contributed by atoms with van der Waals surface area (Å²) in [7, 11) is 0. The molecular weight excluding hydrogens is 460 g/mol. The first-order valence-corrected chi connectivity index (χ1v) is 12.1. The van der Waals surface area contributed by atoms with Crippen LogP contribution in [-0.4, -0.2) is 52.7 Å². The van der Waals surface area contributed by atoms with Gasteiger partial charge in [0.2, 0.25) is 0 Å². The van der Waals surface area contributed by atoms with E-state index >= 15 is 0 Å². The van der Waals surface area contributed by atoms with Crippen LogP contribution in [0.4, 0.5) is 10.6 Å². The molecule has 0 radical (unpaired) electrons. The van der Waals surface area contributed by atoms with Gasteiger partial charge in [0.1, 0.15) is 17.5 Å². The first kappa shape index (κ1) is 26.8. The van der Waals surface area contributed by atoms with Crippen molar-refractivity contribution in [2.24, 2.45) is 5.92 Å². The quantitative estimate of drug-likeness (QED) is 0.604. The minimum Gasteiger partial charge on any atom is -0.455 e. The zero-order chi connectivity index (χ0) is 26.5. The Balaban J connectivity index is 1.57. The second kappa shape index (κ2) is 11.3. The smallest absolute Gasteiger partial charge is 0.410 e. The molecule has 1 fully saturated rings. The summed E-state index contributed by atoms with van der Waals surface area (Å²) in [6.45, 7) is 9.97. The van der Waals surface area contributed by atoms with Crippen molar-refractivity contribution in [1.29, 1.82) is 5.26 Å². The molecule has 2 aromatic rings. The predicted molar refractivity (Wildman–Crippen MR) is 134 cm³/mol. The van der Waals surface area contributed by atoms with Gasteiger partial charge in [0.25, 0.3) is 5.91 Å². The molecule has 3 rings (SSSR count). The van der Waals surface area contributed by atoms with Crippen molar-refractivity contribution < 1.29 is 23.9 Å². The van der Waals surface area contributed by atoms with Gasteiger partial charge < -0.3 is 24.3 Å². The van der Waals surface area contributed by atoms with Gasteiger partial charge in [0.05, 0.1) is 11.5 Å². The molecule has 9 nitrogen and oxygen atoms in total. The summed E-state index contributed by atoms with van der Waals surface area (Å²) in [6, 6.07) is 11.9. The Hall–Kier alpha value is -3.80. The molecule has 1 N–H and O–H groups in total. The third-order valence-electron chi connectivity index (χ3n) is 6.21. The van der Waals surface area contributed by atoms with Crippen LogP contribution in [0.3, 0.4) is 0 Å². The Bertz CT molecular complexity index is 1150. The zero-order valence-corrected chi connectivity index (χ0v) is 21.6. The maximum atomic E-state index is 12.7. The van der Waals surface area contributed by atoms with E-state index in [1.165, 1.54) is 0 Å². The monoisotopic (exact) mass is 494 g/mol. The summed E-state index contributed by atoms with van der Waals surface area (Å²) in [5, 5.41) is 12.5. The number of hydrogen-bond donors (Lipinski definition) is 1. The Labute approximate surface area is 212 Å². The number of esters is 1. The number of carbonyl (C=O) groups excluding carboxylic acids is 3. The highest BCUT2D eigenvalue weighted by molar-refractivity contribution is 5.94. The molecule has 0 saturated carbocycles. The van der Waals surface area contributed by atoms with Gasteiger partial charge in [-0.1, -0.05) is 30.3 Å². The summed E-state index contributed by atoms with van der Waals surface area (Å²) in [4.78, 5) is 39.0. The molecule has 2 amide bonds. The molecule has 0 spiro atoms. The van der Waals surface area contributed by atoms with Crippen LogP contribution in [0.5, 0.6) is 0 Å². The van der Waals surface area contributed by atoms with Gasteiger partial charge in [0.15, 0.2) is 6.61 Å². The lowest BCUT2D eigenvalue weighted by molar-refractivity contribution is -0.153. The third-order valence-corrected chi connectivity index (χ3v) is 6.21. The highest BCUT2D eigenvalue weighted by Crippen LogP contribution is 2.27. The molecule has 0 bridgehead atoms. The van der Waals surface area contributed by atoms with Crippen molar-refractivity contribution in [3.05, 3.63) is 52.7 Å². The second-order valence-corrected chi connectivity index (χ2v) is 10.0. The number of carbonyl (C=O) groups is 3. The van der Waals surface area contributed by atoms with Crippen molar-refractivity contribution in [3.8, 4) is 6.07 Å². The number of likely N-dealkylation sites (tertiary alicyclic amines) is 1. The van der Waals surface area contributed by atoms with Crippen LogP contribution in [0, 0.1) is 31.1 Å². The number of nitrogens with zero attached hydrogens (tertiary/aromatic N) is 3. The molecule has 192 valence electrons. The van der Waals surface area contributed by atoms with Gasteiger partial charge in [-0.25, -0.2) is 4.79 Å². The second-order valence-electron chi connectivity index (χ2n) is 10.0.